The molecule has 1 aromatic rings. The lowest BCUT2D eigenvalue weighted by atomic mass is 9.91. The van der Waals surface area contributed by atoms with Crippen LogP contribution in [0.5, 0.6) is 0 Å². The molecule has 0 radical (unpaired) electrons. The Bertz CT molecular complexity index is 741. The fraction of sp³-hybridized carbons (Fsp3) is 0.611. The largest absolute Gasteiger partial charge is 0.368 e. The number of ether oxygens (including phenoxy) is 1. The van der Waals surface area contributed by atoms with E-state index in [1.807, 2.05) is 0 Å². The molecule has 0 aromatic heterocycles. The van der Waals surface area contributed by atoms with Gasteiger partial charge >= 0.3 is 0 Å². The van der Waals surface area contributed by atoms with Crippen LogP contribution < -0.4 is 15.4 Å². The lowest BCUT2D eigenvalue weighted by Crippen LogP contribution is -2.54. The van der Waals surface area contributed by atoms with E-state index in [1.54, 1.807) is 45.0 Å². The van der Waals surface area contributed by atoms with Gasteiger partial charge in [-0.05, 0) is 58.3 Å². The number of amides is 1. The smallest absolute Gasteiger partial charge is 0.252 e. The van der Waals surface area contributed by atoms with Gasteiger partial charge in [0.2, 0.25) is 10.0 Å². The normalized spacial score (nSPS) is 17.0. The van der Waals surface area contributed by atoms with Gasteiger partial charge in [0.1, 0.15) is 5.60 Å². The second-order valence-corrected chi connectivity index (χ2v) is 9.25. The number of benzene rings is 1. The molecule has 7 nitrogen and oxygen atoms in total. The summed E-state index contributed by atoms with van der Waals surface area (Å²) in [6.45, 7) is 6.90. The van der Waals surface area contributed by atoms with E-state index in [4.69, 9.17) is 4.74 Å². The lowest BCUT2D eigenvalue weighted by molar-refractivity contribution is -0.146. The van der Waals surface area contributed by atoms with Crippen molar-refractivity contribution < 1.29 is 17.9 Å². The number of nitrogens with one attached hydrogen (secondary N) is 3. The fourth-order valence-electron chi connectivity index (χ4n) is 3.06. The maximum absolute atomic E-state index is 12.7. The van der Waals surface area contributed by atoms with Crippen LogP contribution in [0.25, 0.3) is 0 Å². The van der Waals surface area contributed by atoms with Gasteiger partial charge in [0.25, 0.3) is 5.91 Å². The van der Waals surface area contributed by atoms with E-state index in [9.17, 15) is 13.2 Å². The molecule has 27 heavy (non-hydrogen) atoms. The first kappa shape index (κ1) is 23.8. The Hall–Kier alpha value is -1.19. The Labute approximate surface area is 168 Å². The number of rotatable bonds is 6. The van der Waals surface area contributed by atoms with E-state index in [2.05, 4.69) is 15.4 Å². The van der Waals surface area contributed by atoms with E-state index in [0.29, 0.717) is 31.5 Å². The molecule has 0 saturated carbocycles. The number of hydrogen-bond acceptors (Lipinski definition) is 5. The third kappa shape index (κ3) is 6.15. The minimum Gasteiger partial charge on any atom is -0.368 e. The Balaban J connectivity index is 0.00000364. The molecule has 0 bridgehead atoms. The van der Waals surface area contributed by atoms with Crippen LogP contribution in [-0.4, -0.2) is 45.7 Å². The summed E-state index contributed by atoms with van der Waals surface area (Å²) < 4.78 is 33.5. The van der Waals surface area contributed by atoms with Crippen molar-refractivity contribution in [3.8, 4) is 0 Å². The average molecular weight is 420 g/mol. The third-order valence-electron chi connectivity index (χ3n) is 4.36. The minimum atomic E-state index is -3.68. The number of carbonyl (C=O) groups excluding carboxylic acids is 1. The topological polar surface area (TPSA) is 96.5 Å². The first-order chi connectivity index (χ1) is 12.1. The second kappa shape index (κ2) is 9.34. The van der Waals surface area contributed by atoms with Crippen molar-refractivity contribution in [2.75, 3.05) is 20.2 Å². The van der Waals surface area contributed by atoms with Gasteiger partial charge in [-0.3, -0.25) is 4.79 Å². The van der Waals surface area contributed by atoms with Gasteiger partial charge in [-0.1, -0.05) is 18.2 Å². The zero-order valence-electron chi connectivity index (χ0n) is 16.3. The van der Waals surface area contributed by atoms with E-state index in [-0.39, 0.29) is 29.8 Å². The summed E-state index contributed by atoms with van der Waals surface area (Å²) >= 11 is 0. The Morgan fingerprint density at radius 3 is 2.37 bits per heavy atom. The summed E-state index contributed by atoms with van der Waals surface area (Å²) in [6.07, 6.45) is 1.17. The zero-order chi connectivity index (χ0) is 19.4. The van der Waals surface area contributed by atoms with Crippen LogP contribution in [0.15, 0.2) is 29.2 Å². The van der Waals surface area contributed by atoms with Crippen molar-refractivity contribution in [2.45, 2.75) is 56.2 Å². The molecule has 9 heteroatoms. The summed E-state index contributed by atoms with van der Waals surface area (Å²) in [4.78, 5) is 12.9. The molecular weight excluding hydrogens is 390 g/mol. The summed E-state index contributed by atoms with van der Waals surface area (Å²) in [6, 6.07) is 6.69. The van der Waals surface area contributed by atoms with E-state index < -0.39 is 21.2 Å². The van der Waals surface area contributed by atoms with Crippen LogP contribution in [0.2, 0.25) is 0 Å². The molecule has 1 aromatic carbocycles. The monoisotopic (exact) mass is 419 g/mol. The quantitative estimate of drug-likeness (QED) is 0.650. The predicted octanol–water partition coefficient (Wildman–Crippen LogP) is 1.57. The highest BCUT2D eigenvalue weighted by Crippen LogP contribution is 2.23. The number of methoxy groups -OCH3 is 1. The third-order valence-corrected chi connectivity index (χ3v) is 6.22. The average Bonchev–Trinajstić information content (AvgIpc) is 2.58. The molecule has 3 N–H and O–H groups in total. The number of hydrogen-bond donors (Lipinski definition) is 3. The van der Waals surface area contributed by atoms with Crippen molar-refractivity contribution in [2.24, 2.45) is 0 Å². The van der Waals surface area contributed by atoms with Gasteiger partial charge in [-0.25, -0.2) is 13.1 Å². The van der Waals surface area contributed by atoms with Gasteiger partial charge in [0.05, 0.1) is 4.90 Å². The molecule has 1 saturated heterocycles. The molecule has 1 amide bonds. The molecule has 1 aliphatic heterocycles. The molecule has 2 rings (SSSR count). The second-order valence-electron chi connectivity index (χ2n) is 7.59. The van der Waals surface area contributed by atoms with E-state index in [1.165, 1.54) is 7.11 Å². The molecule has 0 atom stereocenters. The predicted molar refractivity (Wildman–Crippen MR) is 107 cm³/mol. The summed E-state index contributed by atoms with van der Waals surface area (Å²) in [5.41, 5.74) is -0.912. The summed E-state index contributed by atoms with van der Waals surface area (Å²) in [5, 5.41) is 6.06. The first-order valence-corrected chi connectivity index (χ1v) is 10.2. The van der Waals surface area contributed by atoms with Crippen LogP contribution in [-0.2, 0) is 26.1 Å². The van der Waals surface area contributed by atoms with Crippen LogP contribution in [0, 0.1) is 0 Å². The van der Waals surface area contributed by atoms with Crippen LogP contribution in [0.3, 0.4) is 0 Å². The van der Waals surface area contributed by atoms with Crippen molar-refractivity contribution in [1.82, 2.24) is 15.4 Å². The molecule has 1 aliphatic rings. The standard InChI is InChI=1S/C18H29N3O4S.ClH/c1-17(2,3)21-26(23,24)15-8-6-5-7-14(15)13-20-16(22)18(25-4)9-11-19-12-10-18;/h5-8,19,21H,9-13H2,1-4H3,(H,20,22);1H. The van der Waals surface area contributed by atoms with Crippen LogP contribution in [0.1, 0.15) is 39.2 Å². The van der Waals surface area contributed by atoms with E-state index >= 15 is 0 Å². The molecule has 0 unspecified atom stereocenters. The highest BCUT2D eigenvalue weighted by molar-refractivity contribution is 7.89. The van der Waals surface area contributed by atoms with Crippen molar-refractivity contribution in [3.05, 3.63) is 29.8 Å². The fourth-order valence-corrected chi connectivity index (χ4v) is 4.72. The Morgan fingerprint density at radius 1 is 1.22 bits per heavy atom. The van der Waals surface area contributed by atoms with Crippen molar-refractivity contribution >= 4 is 28.3 Å². The highest BCUT2D eigenvalue weighted by Gasteiger charge is 2.39. The molecule has 1 fully saturated rings. The SMILES string of the molecule is COC1(C(=O)NCc2ccccc2S(=O)(=O)NC(C)(C)C)CCNCC1.Cl. The highest BCUT2D eigenvalue weighted by atomic mass is 35.5. The number of halogens is 1. The summed E-state index contributed by atoms with van der Waals surface area (Å²) in [5.74, 6) is -0.211. The van der Waals surface area contributed by atoms with Crippen LogP contribution in [0.4, 0.5) is 0 Å². The van der Waals surface area contributed by atoms with Gasteiger partial charge in [0.15, 0.2) is 0 Å². The van der Waals surface area contributed by atoms with Crippen LogP contribution >= 0.6 is 12.4 Å². The number of carbonyl (C=O) groups is 1. The molecule has 1 heterocycles. The Kier molecular flexibility index (Phi) is 8.25. The van der Waals surface area contributed by atoms with E-state index in [0.717, 1.165) is 0 Å². The molecule has 0 aliphatic carbocycles. The van der Waals surface area contributed by atoms with Crippen molar-refractivity contribution in [1.29, 1.82) is 0 Å². The molecule has 0 spiro atoms. The summed E-state index contributed by atoms with van der Waals surface area (Å²) in [7, 11) is -2.15. The number of piperidine rings is 1. The lowest BCUT2D eigenvalue weighted by Gasteiger charge is -2.34. The van der Waals surface area contributed by atoms with Crippen molar-refractivity contribution in [3.63, 3.8) is 0 Å². The Morgan fingerprint density at radius 2 is 1.81 bits per heavy atom. The van der Waals surface area contributed by atoms with Gasteiger partial charge in [-0.2, -0.15) is 0 Å². The van der Waals surface area contributed by atoms with Gasteiger partial charge < -0.3 is 15.4 Å². The molecule has 154 valence electrons. The number of sulfonamides is 1. The first-order valence-electron chi connectivity index (χ1n) is 8.76. The van der Waals surface area contributed by atoms with Gasteiger partial charge in [-0.15, -0.1) is 12.4 Å². The maximum atomic E-state index is 12.7. The maximum Gasteiger partial charge on any atom is 0.252 e. The molecular formula is C18H30ClN3O4S. The zero-order valence-corrected chi connectivity index (χ0v) is 17.9. The minimum absolute atomic E-state index is 0. The van der Waals surface area contributed by atoms with Gasteiger partial charge in [0, 0.05) is 19.2 Å².